The van der Waals surface area contributed by atoms with Crippen molar-refractivity contribution in [2.45, 2.75) is 20.3 Å². The molecular weight excluding hydrogens is 330 g/mol. The number of carbonyl (C=O) groups is 1. The first-order valence-electron chi connectivity index (χ1n) is 7.14. The summed E-state index contributed by atoms with van der Waals surface area (Å²) in [5, 5.41) is 5.98. The molecule has 0 aliphatic rings. The van der Waals surface area contributed by atoms with Crippen molar-refractivity contribution in [3.8, 4) is 0 Å². The fraction of sp³-hybridized carbons (Fsp3) is 0.235. The minimum absolute atomic E-state index is 0. The number of nitrogens with zero attached hydrogens (tertiary/aromatic N) is 1. The highest BCUT2D eigenvalue weighted by atomic mass is 35.5. The lowest BCUT2D eigenvalue weighted by Crippen LogP contribution is -2.36. The fourth-order valence-electron chi connectivity index (χ4n) is 1.86. The van der Waals surface area contributed by atoms with Crippen molar-refractivity contribution >= 4 is 41.3 Å². The molecule has 2 rings (SSSR count). The van der Waals surface area contributed by atoms with Gasteiger partial charge in [-0.1, -0.05) is 26.0 Å². The SMILES string of the molecule is CC(C)C(=O)NC(=S)Nc1ccc(Cc2ccncc2)cc1.Cl. The molecule has 6 heteroatoms. The van der Waals surface area contributed by atoms with Crippen LogP contribution in [0.25, 0.3) is 0 Å². The largest absolute Gasteiger partial charge is 0.332 e. The van der Waals surface area contributed by atoms with Gasteiger partial charge in [-0.25, -0.2) is 0 Å². The van der Waals surface area contributed by atoms with Gasteiger partial charge >= 0.3 is 0 Å². The molecule has 1 amide bonds. The molecular formula is C17H20ClN3OS. The first-order valence-corrected chi connectivity index (χ1v) is 7.55. The normalized spacial score (nSPS) is 9.87. The van der Waals surface area contributed by atoms with E-state index in [1.54, 1.807) is 12.4 Å². The van der Waals surface area contributed by atoms with Crippen LogP contribution in [0.15, 0.2) is 48.8 Å². The van der Waals surface area contributed by atoms with Gasteiger partial charge in [0.25, 0.3) is 0 Å². The molecule has 0 aliphatic carbocycles. The Morgan fingerprint density at radius 3 is 2.22 bits per heavy atom. The van der Waals surface area contributed by atoms with E-state index in [1.165, 1.54) is 11.1 Å². The molecule has 0 bridgehead atoms. The van der Waals surface area contributed by atoms with E-state index < -0.39 is 0 Å². The number of thiocarbonyl (C=S) groups is 1. The zero-order chi connectivity index (χ0) is 15.9. The molecule has 1 aromatic carbocycles. The molecule has 23 heavy (non-hydrogen) atoms. The van der Waals surface area contributed by atoms with Gasteiger partial charge in [0.05, 0.1) is 0 Å². The lowest BCUT2D eigenvalue weighted by molar-refractivity contribution is -0.122. The number of hydrogen-bond donors (Lipinski definition) is 2. The van der Waals surface area contributed by atoms with E-state index in [-0.39, 0.29) is 24.2 Å². The molecule has 0 atom stereocenters. The van der Waals surface area contributed by atoms with E-state index in [0.29, 0.717) is 5.11 Å². The van der Waals surface area contributed by atoms with Gasteiger partial charge in [0.2, 0.25) is 5.91 Å². The first kappa shape index (κ1) is 19.1. The monoisotopic (exact) mass is 349 g/mol. The molecule has 1 heterocycles. The van der Waals surface area contributed by atoms with Crippen LogP contribution >= 0.6 is 24.6 Å². The van der Waals surface area contributed by atoms with Crippen LogP contribution in [-0.4, -0.2) is 16.0 Å². The summed E-state index contributed by atoms with van der Waals surface area (Å²) in [6.07, 6.45) is 4.44. The minimum Gasteiger partial charge on any atom is -0.332 e. The standard InChI is InChI=1S/C17H19N3OS.ClH/c1-12(2)16(21)20-17(22)19-15-5-3-13(4-6-15)11-14-7-9-18-10-8-14;/h3-10,12H,11H2,1-2H3,(H2,19,20,21,22);1H. The molecule has 0 fully saturated rings. The predicted octanol–water partition coefficient (Wildman–Crippen LogP) is 3.56. The van der Waals surface area contributed by atoms with E-state index in [2.05, 4.69) is 15.6 Å². The lowest BCUT2D eigenvalue weighted by Gasteiger charge is -2.11. The zero-order valence-electron chi connectivity index (χ0n) is 13.1. The van der Waals surface area contributed by atoms with Crippen molar-refractivity contribution in [2.24, 2.45) is 5.92 Å². The Hall–Kier alpha value is -1.98. The van der Waals surface area contributed by atoms with E-state index in [0.717, 1.165) is 12.1 Å². The van der Waals surface area contributed by atoms with Crippen LogP contribution in [0, 0.1) is 5.92 Å². The van der Waals surface area contributed by atoms with E-state index in [1.807, 2.05) is 50.2 Å². The highest BCUT2D eigenvalue weighted by Gasteiger charge is 2.08. The number of pyridine rings is 1. The summed E-state index contributed by atoms with van der Waals surface area (Å²) in [6.45, 7) is 3.65. The van der Waals surface area contributed by atoms with Crippen LogP contribution in [0.1, 0.15) is 25.0 Å². The summed E-state index contributed by atoms with van der Waals surface area (Å²) in [6, 6.07) is 12.0. The maximum Gasteiger partial charge on any atom is 0.228 e. The number of aromatic nitrogens is 1. The van der Waals surface area contributed by atoms with E-state index in [4.69, 9.17) is 12.2 Å². The minimum atomic E-state index is -0.0949. The number of carbonyl (C=O) groups excluding carboxylic acids is 1. The molecule has 2 aromatic rings. The van der Waals surface area contributed by atoms with Gasteiger partial charge in [-0.15, -0.1) is 12.4 Å². The second-order valence-corrected chi connectivity index (χ2v) is 5.74. The molecule has 1 aromatic heterocycles. The second-order valence-electron chi connectivity index (χ2n) is 5.33. The van der Waals surface area contributed by atoms with Crippen LogP contribution in [0.5, 0.6) is 0 Å². The molecule has 0 unspecified atom stereocenters. The Balaban J connectivity index is 0.00000264. The summed E-state index contributed by atoms with van der Waals surface area (Å²) >= 11 is 5.12. The molecule has 0 aliphatic heterocycles. The average molecular weight is 350 g/mol. The number of rotatable bonds is 4. The molecule has 0 saturated carbocycles. The van der Waals surface area contributed by atoms with Gasteiger partial charge in [0.15, 0.2) is 5.11 Å². The fourth-order valence-corrected chi connectivity index (χ4v) is 2.08. The Bertz CT molecular complexity index is 645. The molecule has 0 radical (unpaired) electrons. The topological polar surface area (TPSA) is 54.0 Å². The summed E-state index contributed by atoms with van der Waals surface area (Å²) in [5.41, 5.74) is 3.27. The zero-order valence-corrected chi connectivity index (χ0v) is 14.7. The number of anilines is 1. The van der Waals surface area contributed by atoms with Crippen LogP contribution in [-0.2, 0) is 11.2 Å². The Labute approximate surface area is 148 Å². The van der Waals surface area contributed by atoms with Gasteiger partial charge in [-0.3, -0.25) is 9.78 Å². The summed E-state index contributed by atoms with van der Waals surface area (Å²) in [5.74, 6) is -0.186. The maximum atomic E-state index is 11.6. The highest BCUT2D eigenvalue weighted by molar-refractivity contribution is 7.80. The van der Waals surface area contributed by atoms with Gasteiger partial charge in [-0.2, -0.15) is 0 Å². The first-order chi connectivity index (χ1) is 10.5. The van der Waals surface area contributed by atoms with Crippen molar-refractivity contribution < 1.29 is 4.79 Å². The molecule has 122 valence electrons. The van der Waals surface area contributed by atoms with Crippen LogP contribution < -0.4 is 10.6 Å². The summed E-state index contributed by atoms with van der Waals surface area (Å²) in [4.78, 5) is 15.6. The molecule has 0 spiro atoms. The number of amides is 1. The smallest absolute Gasteiger partial charge is 0.228 e. The van der Waals surface area contributed by atoms with Crippen molar-refractivity contribution in [1.82, 2.24) is 10.3 Å². The van der Waals surface area contributed by atoms with Crippen LogP contribution in [0.2, 0.25) is 0 Å². The summed E-state index contributed by atoms with van der Waals surface area (Å²) < 4.78 is 0. The molecule has 2 N–H and O–H groups in total. The quantitative estimate of drug-likeness (QED) is 0.829. The second kappa shape index (κ2) is 9.22. The van der Waals surface area contributed by atoms with Gasteiger partial charge in [0.1, 0.15) is 0 Å². The number of hydrogen-bond acceptors (Lipinski definition) is 3. The number of benzene rings is 1. The number of halogens is 1. The van der Waals surface area contributed by atoms with Crippen molar-refractivity contribution in [2.75, 3.05) is 5.32 Å². The molecule has 0 saturated heterocycles. The lowest BCUT2D eigenvalue weighted by atomic mass is 10.1. The third-order valence-corrected chi connectivity index (χ3v) is 3.33. The van der Waals surface area contributed by atoms with Crippen molar-refractivity contribution in [3.05, 3.63) is 59.9 Å². The third-order valence-electron chi connectivity index (χ3n) is 3.13. The molecule has 4 nitrogen and oxygen atoms in total. The van der Waals surface area contributed by atoms with Crippen LogP contribution in [0.3, 0.4) is 0 Å². The van der Waals surface area contributed by atoms with E-state index >= 15 is 0 Å². The Morgan fingerprint density at radius 2 is 1.65 bits per heavy atom. The van der Waals surface area contributed by atoms with Gasteiger partial charge < -0.3 is 10.6 Å². The van der Waals surface area contributed by atoms with Crippen molar-refractivity contribution in [1.29, 1.82) is 0 Å². The van der Waals surface area contributed by atoms with E-state index in [9.17, 15) is 4.79 Å². The van der Waals surface area contributed by atoms with Gasteiger partial charge in [-0.05, 0) is 54.0 Å². The highest BCUT2D eigenvalue weighted by Crippen LogP contribution is 2.13. The number of nitrogens with one attached hydrogen (secondary N) is 2. The third kappa shape index (κ3) is 6.34. The van der Waals surface area contributed by atoms with Gasteiger partial charge in [0, 0.05) is 24.0 Å². The Kier molecular flexibility index (Phi) is 7.65. The average Bonchev–Trinajstić information content (AvgIpc) is 2.50. The van der Waals surface area contributed by atoms with Crippen LogP contribution in [0.4, 0.5) is 5.69 Å². The summed E-state index contributed by atoms with van der Waals surface area (Å²) in [7, 11) is 0. The van der Waals surface area contributed by atoms with Crippen molar-refractivity contribution in [3.63, 3.8) is 0 Å². The predicted molar refractivity (Wildman–Crippen MR) is 99.9 cm³/mol. The Morgan fingerprint density at radius 1 is 1.09 bits per heavy atom. The maximum absolute atomic E-state index is 11.6.